The number of nitrogens with zero attached hydrogens (tertiary/aromatic N) is 2. The van der Waals surface area contributed by atoms with E-state index in [1.165, 1.54) is 5.01 Å². The topological polar surface area (TPSA) is 86.9 Å². The molecule has 2 aliphatic carbocycles. The Morgan fingerprint density at radius 3 is 1.90 bits per heavy atom. The van der Waals surface area contributed by atoms with Crippen molar-refractivity contribution >= 4 is 17.8 Å². The predicted octanol–water partition coefficient (Wildman–Crippen LogP) is 4.94. The average Bonchev–Trinajstić information content (AvgIpc) is 3.39. The summed E-state index contributed by atoms with van der Waals surface area (Å²) in [5, 5.41) is 15.7. The maximum atomic E-state index is 13.9. The number of rotatable bonds is 6. The van der Waals surface area contributed by atoms with Crippen molar-refractivity contribution in [3.63, 3.8) is 0 Å². The third-order valence-electron chi connectivity index (χ3n) is 10.7. The number of carbonyl (C=O) groups excluding carboxylic acids is 3. The largest absolute Gasteiger partial charge is 0.460 e. The lowest BCUT2D eigenvalue weighted by atomic mass is 9.54. The van der Waals surface area contributed by atoms with Crippen LogP contribution in [0.1, 0.15) is 71.9 Å². The van der Waals surface area contributed by atoms with E-state index >= 15 is 0 Å². The molecule has 7 heteroatoms. The molecule has 1 unspecified atom stereocenters. The quantitative estimate of drug-likeness (QED) is 0.266. The third kappa shape index (κ3) is 3.30. The van der Waals surface area contributed by atoms with E-state index in [9.17, 15) is 19.5 Å². The van der Waals surface area contributed by atoms with Crippen LogP contribution in [0.3, 0.4) is 0 Å². The number of esters is 1. The van der Waals surface area contributed by atoms with E-state index in [-0.39, 0.29) is 17.4 Å². The van der Waals surface area contributed by atoms with Crippen LogP contribution in [0, 0.1) is 16.7 Å². The molecular formula is C34H34N2O5. The van der Waals surface area contributed by atoms with E-state index in [2.05, 4.69) is 13.8 Å². The number of amides is 2. The number of carbonyl (C=O) groups is 3. The Balaban J connectivity index is 1.24. The normalized spacial score (nSPS) is 31.3. The molecule has 2 bridgehead atoms. The summed E-state index contributed by atoms with van der Waals surface area (Å²) >= 11 is 0. The van der Waals surface area contributed by atoms with Crippen LogP contribution in [0.5, 0.6) is 0 Å². The Kier molecular flexibility index (Phi) is 5.63. The Labute approximate surface area is 239 Å². The first-order valence-corrected chi connectivity index (χ1v) is 14.4. The number of hydrogen-bond donors (Lipinski definition) is 1. The van der Waals surface area contributed by atoms with Gasteiger partial charge in [0.1, 0.15) is 17.7 Å². The molecule has 41 heavy (non-hydrogen) atoms. The van der Waals surface area contributed by atoms with Crippen LogP contribution in [-0.4, -0.2) is 51.1 Å². The highest BCUT2D eigenvalue weighted by molar-refractivity contribution is 6.21. The highest BCUT2D eigenvalue weighted by Crippen LogP contribution is 2.73. The van der Waals surface area contributed by atoms with E-state index in [1.54, 1.807) is 24.3 Å². The van der Waals surface area contributed by atoms with Gasteiger partial charge >= 0.3 is 5.97 Å². The smallest absolute Gasteiger partial charge is 0.327 e. The van der Waals surface area contributed by atoms with Crippen LogP contribution < -0.4 is 0 Å². The van der Waals surface area contributed by atoms with Crippen LogP contribution in [0.15, 0.2) is 84.9 Å². The molecule has 2 saturated carbocycles. The minimum atomic E-state index is -1.41. The molecule has 6 atom stereocenters. The minimum Gasteiger partial charge on any atom is -0.460 e. The number of benzene rings is 3. The zero-order chi connectivity index (χ0) is 28.7. The molecule has 7 nitrogen and oxygen atoms in total. The van der Waals surface area contributed by atoms with Crippen LogP contribution in [0.4, 0.5) is 0 Å². The van der Waals surface area contributed by atoms with Gasteiger partial charge in [-0.25, -0.2) is 5.01 Å². The van der Waals surface area contributed by atoms with Crippen LogP contribution >= 0.6 is 0 Å². The highest BCUT2D eigenvalue weighted by Gasteiger charge is 2.74. The molecule has 4 aliphatic rings. The standard InChI is InChI=1S/C34H34N2O5/c1-21-28(35(21)36-29(37)25-16-10-11-17-26(25)30(36)38)31(39)41-27-20-24-18-19-33(27,32(24,2)3)34(40,22-12-6-4-7-13-22)23-14-8-5-9-15-23/h4-17,21,24,27-28,40H,18-20H2,1-3H3/t21-,24+,27+,28+,33+,35?/m0/s1. The van der Waals surface area contributed by atoms with Gasteiger partial charge in [0.2, 0.25) is 0 Å². The zero-order valence-electron chi connectivity index (χ0n) is 23.5. The number of fused-ring (bicyclic) bond motifs is 3. The fourth-order valence-electron chi connectivity index (χ4n) is 8.51. The maximum Gasteiger partial charge on any atom is 0.327 e. The fraction of sp³-hybridized carbons (Fsp3) is 0.382. The van der Waals surface area contributed by atoms with Gasteiger partial charge in [-0.2, -0.15) is 5.01 Å². The van der Waals surface area contributed by atoms with Crippen LogP contribution in [0.2, 0.25) is 0 Å². The fourth-order valence-corrected chi connectivity index (χ4v) is 8.51. The molecule has 0 radical (unpaired) electrons. The van der Waals surface area contributed by atoms with Crippen molar-refractivity contribution in [3.05, 3.63) is 107 Å². The summed E-state index contributed by atoms with van der Waals surface area (Å²) in [6.07, 6.45) is 1.73. The molecule has 3 aromatic rings. The van der Waals surface area contributed by atoms with E-state index in [0.29, 0.717) is 24.0 Å². The highest BCUT2D eigenvalue weighted by atomic mass is 16.6. The van der Waals surface area contributed by atoms with Crippen molar-refractivity contribution in [2.75, 3.05) is 0 Å². The SMILES string of the molecule is C[C@H]1[C@H](C(=O)O[C@@H]2C[C@H]3CC[C@]2(C(O)(c2ccccc2)c2ccccc2)C3(C)C)N1N1C(=O)c2ccccc2C1=O. The summed E-state index contributed by atoms with van der Waals surface area (Å²) < 4.78 is 6.42. The molecule has 0 aromatic heterocycles. The number of hydrazine groups is 1. The lowest BCUT2D eigenvalue weighted by molar-refractivity contribution is -0.185. The molecule has 2 aliphatic heterocycles. The van der Waals surface area contributed by atoms with Crippen molar-refractivity contribution in [2.24, 2.45) is 16.7 Å². The predicted molar refractivity (Wildman–Crippen MR) is 151 cm³/mol. The Morgan fingerprint density at radius 1 is 0.878 bits per heavy atom. The second-order valence-corrected chi connectivity index (χ2v) is 12.6. The van der Waals surface area contributed by atoms with Crippen LogP contribution in [0.25, 0.3) is 0 Å². The van der Waals surface area contributed by atoms with Crippen molar-refractivity contribution < 1.29 is 24.2 Å². The Morgan fingerprint density at radius 2 is 1.39 bits per heavy atom. The molecule has 0 spiro atoms. The van der Waals surface area contributed by atoms with Crippen molar-refractivity contribution in [1.29, 1.82) is 0 Å². The first kappa shape index (κ1) is 26.1. The van der Waals surface area contributed by atoms with Gasteiger partial charge in [-0.15, -0.1) is 0 Å². The second-order valence-electron chi connectivity index (χ2n) is 12.6. The zero-order valence-corrected chi connectivity index (χ0v) is 23.5. The van der Waals surface area contributed by atoms with E-state index < -0.39 is 40.9 Å². The van der Waals surface area contributed by atoms with Gasteiger partial charge in [0, 0.05) is 5.41 Å². The van der Waals surface area contributed by atoms with Crippen molar-refractivity contribution in [2.45, 2.75) is 63.8 Å². The van der Waals surface area contributed by atoms with E-state index in [1.807, 2.05) is 67.6 Å². The number of ether oxygens (including phenoxy) is 1. The van der Waals surface area contributed by atoms with Gasteiger partial charge in [-0.3, -0.25) is 14.4 Å². The summed E-state index contributed by atoms with van der Waals surface area (Å²) in [4.78, 5) is 40.1. The van der Waals surface area contributed by atoms with Crippen molar-refractivity contribution in [1.82, 2.24) is 10.0 Å². The molecule has 2 heterocycles. The minimum absolute atomic E-state index is 0.267. The van der Waals surface area contributed by atoms with E-state index in [4.69, 9.17) is 4.74 Å². The number of aliphatic hydroxyl groups is 1. The van der Waals surface area contributed by atoms with Gasteiger partial charge in [-0.1, -0.05) is 86.6 Å². The lowest BCUT2D eigenvalue weighted by Crippen LogP contribution is -2.57. The molecule has 1 N–H and O–H groups in total. The summed E-state index contributed by atoms with van der Waals surface area (Å²) in [6, 6.07) is 25.0. The first-order valence-electron chi connectivity index (χ1n) is 14.4. The second kappa shape index (κ2) is 8.84. The first-order chi connectivity index (χ1) is 19.6. The summed E-state index contributed by atoms with van der Waals surface area (Å²) in [5.41, 5.74) is -0.309. The summed E-state index contributed by atoms with van der Waals surface area (Å²) in [5.74, 6) is -1.05. The lowest BCUT2D eigenvalue weighted by Gasteiger charge is -2.53. The Hall–Kier alpha value is -3.81. The van der Waals surface area contributed by atoms with Crippen LogP contribution in [-0.2, 0) is 15.1 Å². The van der Waals surface area contributed by atoms with E-state index in [0.717, 1.165) is 22.6 Å². The molecule has 7 rings (SSSR count). The molecule has 3 fully saturated rings. The molecular weight excluding hydrogens is 516 g/mol. The Bertz CT molecular complexity index is 1480. The van der Waals surface area contributed by atoms with Gasteiger partial charge in [0.25, 0.3) is 11.8 Å². The van der Waals surface area contributed by atoms with Gasteiger partial charge in [-0.05, 0) is 60.8 Å². The summed E-state index contributed by atoms with van der Waals surface area (Å²) in [6.45, 7) is 6.21. The number of imide groups is 1. The monoisotopic (exact) mass is 550 g/mol. The van der Waals surface area contributed by atoms with Gasteiger partial charge in [0.15, 0.2) is 0 Å². The van der Waals surface area contributed by atoms with Crippen molar-refractivity contribution in [3.8, 4) is 0 Å². The third-order valence-corrected chi connectivity index (χ3v) is 10.7. The number of hydrogen-bond acceptors (Lipinski definition) is 6. The van der Waals surface area contributed by atoms with Gasteiger partial charge < -0.3 is 9.84 Å². The van der Waals surface area contributed by atoms with Gasteiger partial charge in [0.05, 0.1) is 17.2 Å². The molecule has 3 aromatic carbocycles. The summed E-state index contributed by atoms with van der Waals surface area (Å²) in [7, 11) is 0. The molecule has 210 valence electrons. The molecule has 1 saturated heterocycles. The maximum absolute atomic E-state index is 13.9. The molecule has 2 amide bonds. The average molecular weight is 551 g/mol.